The third-order valence-electron chi connectivity index (χ3n) is 3.59. The van der Waals surface area contributed by atoms with Gasteiger partial charge in [0, 0.05) is 0 Å². The maximum absolute atomic E-state index is 12.0. The van der Waals surface area contributed by atoms with Gasteiger partial charge in [-0.15, -0.1) is 0 Å². The zero-order valence-corrected chi connectivity index (χ0v) is 15.0. The van der Waals surface area contributed by atoms with E-state index in [1.165, 1.54) is 24.3 Å². The van der Waals surface area contributed by atoms with Crippen molar-refractivity contribution in [2.24, 2.45) is 5.10 Å². The molecule has 146 valence electrons. The topological polar surface area (TPSA) is 149 Å². The lowest BCUT2D eigenvalue weighted by Crippen LogP contribution is -2.34. The second-order valence-corrected chi connectivity index (χ2v) is 7.22. The average Bonchev–Trinajstić information content (AvgIpc) is 3.14. The Bertz CT molecular complexity index is 1040. The van der Waals surface area contributed by atoms with E-state index in [1.54, 1.807) is 18.2 Å². The second-order valence-electron chi connectivity index (χ2n) is 5.45. The lowest BCUT2D eigenvalue weighted by molar-refractivity contribution is -0.385. The van der Waals surface area contributed by atoms with Gasteiger partial charge in [0.1, 0.15) is 0 Å². The largest absolute Gasteiger partial charge is 0.454 e. The number of sulfonamides is 1. The van der Waals surface area contributed by atoms with Crippen molar-refractivity contribution < 1.29 is 27.6 Å². The summed E-state index contributed by atoms with van der Waals surface area (Å²) in [5.41, 5.74) is 1.90. The van der Waals surface area contributed by atoms with Crippen LogP contribution in [0.4, 0.5) is 5.69 Å². The van der Waals surface area contributed by atoms with Crippen molar-refractivity contribution in [1.29, 1.82) is 0 Å². The van der Waals surface area contributed by atoms with Gasteiger partial charge < -0.3 is 9.47 Å². The molecule has 0 radical (unpaired) electrons. The summed E-state index contributed by atoms with van der Waals surface area (Å²) in [6.45, 7) is -0.608. The molecule has 0 aromatic heterocycles. The van der Waals surface area contributed by atoms with Crippen LogP contribution in [0.5, 0.6) is 11.5 Å². The van der Waals surface area contributed by atoms with Crippen LogP contribution in [0.25, 0.3) is 0 Å². The number of nitro groups is 1. The molecule has 0 saturated heterocycles. The summed E-state index contributed by atoms with van der Waals surface area (Å²) < 4.78 is 36.4. The quantitative estimate of drug-likeness (QED) is 0.391. The summed E-state index contributed by atoms with van der Waals surface area (Å²) in [6.07, 6.45) is 1.06. The minimum atomic E-state index is -3.84. The van der Waals surface area contributed by atoms with Gasteiger partial charge in [0.25, 0.3) is 11.6 Å². The monoisotopic (exact) mass is 406 g/mol. The summed E-state index contributed by atoms with van der Waals surface area (Å²) in [4.78, 5) is 22.3. The fourth-order valence-corrected chi connectivity index (χ4v) is 3.27. The third-order valence-corrected chi connectivity index (χ3v) is 5.00. The standard InChI is InChI=1S/C16H14N4O7S/c21-16(9-18-28(24,25)12-4-2-1-3-5-12)19-17-8-11-6-14-15(27-10-26-14)7-13(11)20(22)23/h1-8,18H,9-10H2,(H,19,21)/b17-8-. The fraction of sp³-hybridized carbons (Fsp3) is 0.125. The molecule has 0 unspecified atom stereocenters. The molecule has 2 aromatic rings. The maximum atomic E-state index is 12.0. The van der Waals surface area contributed by atoms with E-state index < -0.39 is 27.4 Å². The van der Waals surface area contributed by atoms with Crippen molar-refractivity contribution >= 4 is 27.8 Å². The summed E-state index contributed by atoms with van der Waals surface area (Å²) in [5.74, 6) is -0.198. The molecule has 0 saturated carbocycles. The predicted molar refractivity (Wildman–Crippen MR) is 96.6 cm³/mol. The number of nitrogens with one attached hydrogen (secondary N) is 2. The minimum absolute atomic E-state index is 0.0160. The molecule has 28 heavy (non-hydrogen) atoms. The molecule has 0 bridgehead atoms. The highest BCUT2D eigenvalue weighted by Crippen LogP contribution is 2.37. The van der Waals surface area contributed by atoms with Crippen molar-refractivity contribution in [3.63, 3.8) is 0 Å². The number of carbonyl (C=O) groups excluding carboxylic acids is 1. The number of amides is 1. The molecule has 1 aliphatic rings. The van der Waals surface area contributed by atoms with Crippen molar-refractivity contribution in [2.45, 2.75) is 4.90 Å². The van der Waals surface area contributed by atoms with E-state index >= 15 is 0 Å². The predicted octanol–water partition coefficient (Wildman–Crippen LogP) is 0.752. The molecule has 0 fully saturated rings. The zero-order valence-electron chi connectivity index (χ0n) is 14.2. The van der Waals surface area contributed by atoms with Crippen LogP contribution in [-0.4, -0.2) is 38.8 Å². The first kappa shape index (κ1) is 19.3. The molecule has 0 atom stereocenters. The van der Waals surface area contributed by atoms with Crippen LogP contribution in [0, 0.1) is 10.1 Å². The van der Waals surface area contributed by atoms with Gasteiger partial charge in [-0.3, -0.25) is 14.9 Å². The molecular formula is C16H14N4O7S. The van der Waals surface area contributed by atoms with Crippen LogP contribution in [0.2, 0.25) is 0 Å². The molecule has 3 rings (SSSR count). The van der Waals surface area contributed by atoms with Gasteiger partial charge in [0.05, 0.1) is 34.2 Å². The van der Waals surface area contributed by atoms with Crippen LogP contribution >= 0.6 is 0 Å². The van der Waals surface area contributed by atoms with Gasteiger partial charge in [0.2, 0.25) is 16.8 Å². The van der Waals surface area contributed by atoms with E-state index in [0.29, 0.717) is 5.75 Å². The lowest BCUT2D eigenvalue weighted by Gasteiger charge is -2.05. The first-order valence-electron chi connectivity index (χ1n) is 7.81. The van der Waals surface area contributed by atoms with Crippen LogP contribution < -0.4 is 19.6 Å². The first-order valence-corrected chi connectivity index (χ1v) is 9.30. The number of ether oxygens (including phenoxy) is 2. The minimum Gasteiger partial charge on any atom is -0.454 e. The average molecular weight is 406 g/mol. The highest BCUT2D eigenvalue weighted by Gasteiger charge is 2.22. The summed E-state index contributed by atoms with van der Waals surface area (Å²) in [7, 11) is -3.84. The SMILES string of the molecule is O=C(CNS(=O)(=O)c1ccccc1)N/N=C\c1cc2c(cc1[N+](=O)[O-])OCO2. The van der Waals surface area contributed by atoms with E-state index in [2.05, 4.69) is 15.2 Å². The maximum Gasteiger partial charge on any atom is 0.282 e. The Hall–Kier alpha value is -3.51. The number of benzene rings is 2. The van der Waals surface area contributed by atoms with Gasteiger partial charge in [0.15, 0.2) is 11.5 Å². The van der Waals surface area contributed by atoms with Gasteiger partial charge >= 0.3 is 0 Å². The second kappa shape index (κ2) is 8.02. The Balaban J connectivity index is 1.62. The van der Waals surface area contributed by atoms with Gasteiger partial charge in [-0.25, -0.2) is 18.6 Å². The van der Waals surface area contributed by atoms with E-state index in [0.717, 1.165) is 6.21 Å². The van der Waals surface area contributed by atoms with Crippen LogP contribution in [-0.2, 0) is 14.8 Å². The van der Waals surface area contributed by atoms with Gasteiger partial charge in [-0.1, -0.05) is 18.2 Å². The third kappa shape index (κ3) is 4.42. The fourth-order valence-electron chi connectivity index (χ4n) is 2.27. The van der Waals surface area contributed by atoms with Crippen LogP contribution in [0.3, 0.4) is 0 Å². The van der Waals surface area contributed by atoms with Crippen molar-refractivity contribution in [1.82, 2.24) is 10.1 Å². The first-order chi connectivity index (χ1) is 13.4. The van der Waals surface area contributed by atoms with Gasteiger partial charge in [-0.05, 0) is 18.2 Å². The molecule has 12 heteroatoms. The number of rotatable bonds is 7. The molecule has 0 spiro atoms. The number of nitro benzene ring substituents is 1. The molecule has 0 aliphatic carbocycles. The molecule has 2 N–H and O–H groups in total. The van der Waals surface area contributed by atoms with Crippen LogP contribution in [0.15, 0.2) is 52.5 Å². The Morgan fingerprint density at radius 3 is 2.57 bits per heavy atom. The normalized spacial score (nSPS) is 12.9. The lowest BCUT2D eigenvalue weighted by atomic mass is 10.1. The highest BCUT2D eigenvalue weighted by molar-refractivity contribution is 7.89. The Kier molecular flexibility index (Phi) is 5.52. The van der Waals surface area contributed by atoms with Gasteiger partial charge in [-0.2, -0.15) is 5.10 Å². The Morgan fingerprint density at radius 1 is 1.21 bits per heavy atom. The van der Waals surface area contributed by atoms with E-state index in [4.69, 9.17) is 9.47 Å². The number of hydrogen-bond donors (Lipinski definition) is 2. The summed E-state index contributed by atoms with van der Waals surface area (Å²) in [6, 6.07) is 10.1. The number of hydrogen-bond acceptors (Lipinski definition) is 8. The smallest absolute Gasteiger partial charge is 0.282 e. The van der Waals surface area contributed by atoms with E-state index in [-0.39, 0.29) is 28.7 Å². The van der Waals surface area contributed by atoms with Crippen molar-refractivity contribution in [3.05, 3.63) is 58.1 Å². The number of hydrazone groups is 1. The molecule has 1 heterocycles. The Labute approximate surface area is 159 Å². The molecule has 1 amide bonds. The van der Waals surface area contributed by atoms with Crippen molar-refractivity contribution in [3.8, 4) is 11.5 Å². The Morgan fingerprint density at radius 2 is 1.89 bits per heavy atom. The van der Waals surface area contributed by atoms with E-state index in [1.807, 2.05) is 0 Å². The number of carbonyl (C=O) groups is 1. The molecule has 11 nitrogen and oxygen atoms in total. The number of nitrogens with zero attached hydrogens (tertiary/aromatic N) is 2. The number of fused-ring (bicyclic) bond motifs is 1. The molecular weight excluding hydrogens is 392 g/mol. The zero-order chi connectivity index (χ0) is 20.1. The molecule has 1 aliphatic heterocycles. The summed E-state index contributed by atoms with van der Waals surface area (Å²) in [5, 5.41) is 14.8. The highest BCUT2D eigenvalue weighted by atomic mass is 32.2. The summed E-state index contributed by atoms with van der Waals surface area (Å²) >= 11 is 0. The van der Waals surface area contributed by atoms with E-state index in [9.17, 15) is 23.3 Å². The molecule has 2 aromatic carbocycles. The van der Waals surface area contributed by atoms with Crippen LogP contribution in [0.1, 0.15) is 5.56 Å². The van der Waals surface area contributed by atoms with Crippen molar-refractivity contribution in [2.75, 3.05) is 13.3 Å².